The van der Waals surface area contributed by atoms with E-state index in [1.54, 1.807) is 29.0 Å². The van der Waals surface area contributed by atoms with Crippen molar-refractivity contribution in [3.8, 4) is 11.3 Å². The molecule has 5 rings (SSSR count). The number of nitrogens with one attached hydrogen (secondary N) is 1. The monoisotopic (exact) mass is 411 g/mol. The zero-order valence-electron chi connectivity index (χ0n) is 16.3. The van der Waals surface area contributed by atoms with Crippen molar-refractivity contribution in [3.05, 3.63) is 83.7 Å². The maximum atomic E-state index is 12.5. The number of aromatic nitrogens is 6. The lowest BCUT2D eigenvalue weighted by atomic mass is 10.1. The van der Waals surface area contributed by atoms with Gasteiger partial charge in [0, 0.05) is 24.2 Å². The Labute approximate surface area is 176 Å². The quantitative estimate of drug-likeness (QED) is 0.476. The van der Waals surface area contributed by atoms with Crippen LogP contribution in [0.2, 0.25) is 0 Å². The number of hydrogen-bond acceptors (Lipinski definition) is 6. The Balaban J connectivity index is 1.24. The molecule has 31 heavy (non-hydrogen) atoms. The first-order valence-electron chi connectivity index (χ1n) is 9.69. The first kappa shape index (κ1) is 18.6. The van der Waals surface area contributed by atoms with E-state index in [0.717, 1.165) is 11.3 Å². The SMILES string of the molecule is O=C(CCn1cnc2ccccc2c1=O)Nc1ccc(-c2ccc3nncn3n2)cc1. The number of rotatable bonds is 5. The molecule has 0 fully saturated rings. The van der Waals surface area contributed by atoms with Gasteiger partial charge < -0.3 is 5.32 Å². The van der Waals surface area contributed by atoms with Crippen LogP contribution >= 0.6 is 0 Å². The number of carbonyl (C=O) groups is 1. The summed E-state index contributed by atoms with van der Waals surface area (Å²) in [7, 11) is 0. The number of anilines is 1. The number of benzene rings is 2. The van der Waals surface area contributed by atoms with E-state index in [9.17, 15) is 9.59 Å². The van der Waals surface area contributed by atoms with Crippen molar-refractivity contribution in [1.82, 2.24) is 29.4 Å². The fourth-order valence-corrected chi connectivity index (χ4v) is 3.32. The molecule has 3 heterocycles. The standard InChI is InChI=1S/C22H17N7O2/c30-21(11-12-28-13-23-19-4-2-1-3-17(19)22(28)31)25-16-7-5-15(6-8-16)18-9-10-20-26-24-14-29(20)27-18/h1-10,13-14H,11-12H2,(H,25,30). The minimum Gasteiger partial charge on any atom is -0.326 e. The third-order valence-electron chi connectivity index (χ3n) is 4.94. The predicted octanol–water partition coefficient (Wildman–Crippen LogP) is 2.53. The highest BCUT2D eigenvalue weighted by Gasteiger charge is 2.08. The van der Waals surface area contributed by atoms with Crippen molar-refractivity contribution in [1.29, 1.82) is 0 Å². The van der Waals surface area contributed by atoms with E-state index in [0.29, 0.717) is 22.2 Å². The highest BCUT2D eigenvalue weighted by molar-refractivity contribution is 5.91. The molecule has 0 unspecified atom stereocenters. The van der Waals surface area contributed by atoms with Crippen molar-refractivity contribution >= 4 is 28.1 Å². The summed E-state index contributed by atoms with van der Waals surface area (Å²) in [5.74, 6) is -0.183. The zero-order chi connectivity index (χ0) is 21.2. The Morgan fingerprint density at radius 1 is 0.968 bits per heavy atom. The van der Waals surface area contributed by atoms with E-state index in [1.165, 1.54) is 10.9 Å². The maximum Gasteiger partial charge on any atom is 0.261 e. The highest BCUT2D eigenvalue weighted by Crippen LogP contribution is 2.19. The van der Waals surface area contributed by atoms with Crippen molar-refractivity contribution in [2.24, 2.45) is 0 Å². The predicted molar refractivity (Wildman–Crippen MR) is 115 cm³/mol. The molecular formula is C22H17N7O2. The Bertz CT molecular complexity index is 1450. The van der Waals surface area contributed by atoms with Gasteiger partial charge in [-0.15, -0.1) is 10.2 Å². The minimum absolute atomic E-state index is 0.152. The minimum atomic E-state index is -0.183. The third kappa shape index (κ3) is 3.76. The number of carbonyl (C=O) groups excluding carboxylic acids is 1. The smallest absolute Gasteiger partial charge is 0.261 e. The summed E-state index contributed by atoms with van der Waals surface area (Å²) < 4.78 is 3.06. The van der Waals surface area contributed by atoms with Crippen LogP contribution in [0.3, 0.4) is 0 Å². The Hall–Kier alpha value is -4.40. The number of para-hydroxylation sites is 1. The molecule has 0 aliphatic carbocycles. The molecule has 5 aromatic rings. The van der Waals surface area contributed by atoms with Crippen LogP contribution in [0.25, 0.3) is 27.8 Å². The van der Waals surface area contributed by atoms with E-state index in [4.69, 9.17) is 0 Å². The maximum absolute atomic E-state index is 12.5. The van der Waals surface area contributed by atoms with Crippen molar-refractivity contribution in [3.63, 3.8) is 0 Å². The first-order chi connectivity index (χ1) is 15.2. The van der Waals surface area contributed by atoms with Crippen LogP contribution in [0.4, 0.5) is 5.69 Å². The molecule has 1 N–H and O–H groups in total. The molecule has 0 bridgehead atoms. The van der Waals surface area contributed by atoms with Gasteiger partial charge in [0.25, 0.3) is 5.56 Å². The average molecular weight is 411 g/mol. The van der Waals surface area contributed by atoms with Gasteiger partial charge in [-0.2, -0.15) is 9.61 Å². The second-order valence-electron chi connectivity index (χ2n) is 6.99. The van der Waals surface area contributed by atoms with E-state index in [-0.39, 0.29) is 24.4 Å². The molecule has 0 aliphatic heterocycles. The summed E-state index contributed by atoms with van der Waals surface area (Å²) in [6.45, 7) is 0.253. The van der Waals surface area contributed by atoms with Crippen LogP contribution in [0, 0.1) is 0 Å². The van der Waals surface area contributed by atoms with Crippen molar-refractivity contribution in [2.75, 3.05) is 5.32 Å². The molecule has 0 radical (unpaired) electrons. The first-order valence-corrected chi connectivity index (χ1v) is 9.69. The number of fused-ring (bicyclic) bond motifs is 2. The molecule has 0 atom stereocenters. The van der Waals surface area contributed by atoms with E-state index in [1.807, 2.05) is 42.5 Å². The normalized spacial score (nSPS) is 11.1. The molecule has 0 spiro atoms. The summed E-state index contributed by atoms with van der Waals surface area (Å²) in [5.41, 5.74) is 3.51. The number of aryl methyl sites for hydroxylation is 1. The number of amides is 1. The summed E-state index contributed by atoms with van der Waals surface area (Å²) in [4.78, 5) is 29.1. The van der Waals surface area contributed by atoms with Gasteiger partial charge in [-0.25, -0.2) is 4.98 Å². The topological polar surface area (TPSA) is 107 Å². The summed E-state index contributed by atoms with van der Waals surface area (Å²) in [6, 6.07) is 18.3. The summed E-state index contributed by atoms with van der Waals surface area (Å²) in [6.07, 6.45) is 3.18. The van der Waals surface area contributed by atoms with Gasteiger partial charge >= 0.3 is 0 Å². The summed E-state index contributed by atoms with van der Waals surface area (Å²) in [5, 5.41) is 15.6. The molecule has 2 aromatic carbocycles. The molecule has 152 valence electrons. The molecule has 1 amide bonds. The van der Waals surface area contributed by atoms with Crippen LogP contribution in [-0.2, 0) is 11.3 Å². The molecule has 0 saturated carbocycles. The van der Waals surface area contributed by atoms with Gasteiger partial charge in [0.1, 0.15) is 6.33 Å². The molecule has 0 aliphatic rings. The second kappa shape index (κ2) is 7.79. The average Bonchev–Trinajstić information content (AvgIpc) is 3.27. The fourth-order valence-electron chi connectivity index (χ4n) is 3.32. The molecular weight excluding hydrogens is 394 g/mol. The van der Waals surface area contributed by atoms with Gasteiger partial charge in [0.15, 0.2) is 5.65 Å². The van der Waals surface area contributed by atoms with Gasteiger partial charge in [-0.05, 0) is 36.4 Å². The fraction of sp³-hybridized carbons (Fsp3) is 0.0909. The van der Waals surface area contributed by atoms with Gasteiger partial charge in [0.2, 0.25) is 5.91 Å². The van der Waals surface area contributed by atoms with Crippen LogP contribution in [0.5, 0.6) is 0 Å². The van der Waals surface area contributed by atoms with Crippen LogP contribution in [-0.4, -0.2) is 35.3 Å². The highest BCUT2D eigenvalue weighted by atomic mass is 16.2. The number of nitrogens with zero attached hydrogens (tertiary/aromatic N) is 6. The lowest BCUT2D eigenvalue weighted by molar-refractivity contribution is -0.116. The number of hydrogen-bond donors (Lipinski definition) is 1. The Morgan fingerprint density at radius 3 is 2.68 bits per heavy atom. The lowest BCUT2D eigenvalue weighted by Crippen LogP contribution is -2.23. The molecule has 9 heteroatoms. The van der Waals surface area contributed by atoms with E-state index < -0.39 is 0 Å². The van der Waals surface area contributed by atoms with Gasteiger partial charge in [0.05, 0.1) is 22.9 Å². The van der Waals surface area contributed by atoms with Crippen LogP contribution in [0.15, 0.2) is 78.1 Å². The van der Waals surface area contributed by atoms with Crippen molar-refractivity contribution in [2.45, 2.75) is 13.0 Å². The van der Waals surface area contributed by atoms with Crippen LogP contribution in [0.1, 0.15) is 6.42 Å². The third-order valence-corrected chi connectivity index (χ3v) is 4.94. The molecule has 3 aromatic heterocycles. The Kier molecular flexibility index (Phi) is 4.68. The van der Waals surface area contributed by atoms with Gasteiger partial charge in [-0.3, -0.25) is 14.2 Å². The Morgan fingerprint density at radius 2 is 1.81 bits per heavy atom. The lowest BCUT2D eigenvalue weighted by Gasteiger charge is -2.08. The summed E-state index contributed by atoms with van der Waals surface area (Å²) >= 11 is 0. The van der Waals surface area contributed by atoms with Crippen LogP contribution < -0.4 is 10.9 Å². The van der Waals surface area contributed by atoms with Gasteiger partial charge in [-0.1, -0.05) is 24.3 Å². The second-order valence-corrected chi connectivity index (χ2v) is 6.99. The van der Waals surface area contributed by atoms with E-state index >= 15 is 0 Å². The van der Waals surface area contributed by atoms with Crippen molar-refractivity contribution < 1.29 is 4.79 Å². The molecule has 9 nitrogen and oxygen atoms in total. The largest absolute Gasteiger partial charge is 0.326 e. The zero-order valence-corrected chi connectivity index (χ0v) is 16.3. The van der Waals surface area contributed by atoms with E-state index in [2.05, 4.69) is 25.6 Å². The molecule has 0 saturated heterocycles.